The van der Waals surface area contributed by atoms with E-state index in [0.717, 1.165) is 34.6 Å². The second-order valence-electron chi connectivity index (χ2n) is 12.1. The van der Waals surface area contributed by atoms with E-state index >= 15 is 0 Å². The summed E-state index contributed by atoms with van der Waals surface area (Å²) in [6.45, 7) is 7.99. The van der Waals surface area contributed by atoms with Gasteiger partial charge < -0.3 is 25.3 Å². The summed E-state index contributed by atoms with van der Waals surface area (Å²) >= 11 is 0. The number of hydrogen-bond acceptors (Lipinski definition) is 7. The van der Waals surface area contributed by atoms with Gasteiger partial charge in [0.1, 0.15) is 5.69 Å². The Morgan fingerprint density at radius 3 is 2.71 bits per heavy atom. The van der Waals surface area contributed by atoms with Crippen LogP contribution in [0.2, 0.25) is 0 Å². The molecule has 2 atom stereocenters. The zero-order valence-electron chi connectivity index (χ0n) is 25.4. The van der Waals surface area contributed by atoms with Gasteiger partial charge in [0.15, 0.2) is 0 Å². The molecule has 2 aromatic carbocycles. The second kappa shape index (κ2) is 12.4. The van der Waals surface area contributed by atoms with Crippen molar-refractivity contribution in [3.8, 4) is 6.07 Å². The van der Waals surface area contributed by atoms with Crippen molar-refractivity contribution >= 4 is 34.0 Å². The number of aryl methyl sites for hydroxylation is 1. The molecule has 6 rings (SSSR count). The normalized spacial score (nSPS) is 20.9. The van der Waals surface area contributed by atoms with Gasteiger partial charge in [0.25, 0.3) is 11.8 Å². The standard InChI is InChI=1S/C34H37F2N7O2/c1-3-31(44)43-15-14-42(19-25(43)10-12-37)30-16-27(33(45)38-18-24-17-34(35,36)21-39-24)40-28-20-41(13-11-26(28)30)29-9-5-8-23-7-4-6-22(2)32(23)29/h3-9,16,24-25,39H,1,10-11,13-15,17-21H2,2H3,(H,38,45)/t24-,25+/m1/s1. The highest BCUT2D eigenvalue weighted by atomic mass is 19.3. The van der Waals surface area contributed by atoms with E-state index in [1.807, 2.05) is 0 Å². The molecule has 2 amide bonds. The number of pyridine rings is 1. The molecule has 0 unspecified atom stereocenters. The Labute approximate surface area is 261 Å². The summed E-state index contributed by atoms with van der Waals surface area (Å²) in [4.78, 5) is 37.0. The number of benzene rings is 2. The number of nitriles is 1. The number of carbonyl (C=O) groups excluding carboxylic acids is 2. The van der Waals surface area contributed by atoms with Gasteiger partial charge in [0, 0.05) is 67.5 Å². The van der Waals surface area contributed by atoms with E-state index in [4.69, 9.17) is 4.98 Å². The van der Waals surface area contributed by atoms with Crippen molar-refractivity contribution in [2.75, 3.05) is 49.1 Å². The van der Waals surface area contributed by atoms with Crippen LogP contribution in [0.1, 0.15) is 40.2 Å². The largest absolute Gasteiger partial charge is 0.367 e. The molecule has 0 bridgehead atoms. The van der Waals surface area contributed by atoms with Crippen LogP contribution in [-0.4, -0.2) is 79.0 Å². The third-order valence-electron chi connectivity index (χ3n) is 9.13. The van der Waals surface area contributed by atoms with Crippen molar-refractivity contribution in [3.05, 3.63) is 77.6 Å². The molecular formula is C34H37F2N7O2. The lowest BCUT2D eigenvalue weighted by atomic mass is 9.97. The summed E-state index contributed by atoms with van der Waals surface area (Å²) in [6, 6.07) is 15.7. The molecule has 45 heavy (non-hydrogen) atoms. The van der Waals surface area contributed by atoms with E-state index in [2.05, 4.69) is 76.4 Å². The highest BCUT2D eigenvalue weighted by Crippen LogP contribution is 2.36. The molecule has 2 fully saturated rings. The summed E-state index contributed by atoms with van der Waals surface area (Å²) in [7, 11) is 0. The number of halogens is 2. The molecule has 1 aromatic heterocycles. The molecule has 0 saturated carbocycles. The summed E-state index contributed by atoms with van der Waals surface area (Å²) in [5.74, 6) is -3.42. The van der Waals surface area contributed by atoms with E-state index in [1.165, 1.54) is 17.0 Å². The number of nitrogens with one attached hydrogen (secondary N) is 2. The minimum Gasteiger partial charge on any atom is -0.367 e. The van der Waals surface area contributed by atoms with Crippen LogP contribution in [0.5, 0.6) is 0 Å². The van der Waals surface area contributed by atoms with E-state index in [-0.39, 0.29) is 37.0 Å². The Balaban J connectivity index is 1.33. The Morgan fingerprint density at radius 2 is 1.98 bits per heavy atom. The number of aromatic nitrogens is 1. The average Bonchev–Trinajstić information content (AvgIpc) is 3.40. The van der Waals surface area contributed by atoms with E-state index in [0.29, 0.717) is 32.6 Å². The number of rotatable bonds is 7. The number of amides is 2. The molecule has 0 radical (unpaired) electrons. The van der Waals surface area contributed by atoms with Gasteiger partial charge in [-0.1, -0.05) is 36.9 Å². The average molecular weight is 614 g/mol. The molecule has 3 aliphatic rings. The van der Waals surface area contributed by atoms with Gasteiger partial charge >= 0.3 is 0 Å². The van der Waals surface area contributed by atoms with Crippen LogP contribution in [0.3, 0.4) is 0 Å². The predicted octanol–water partition coefficient (Wildman–Crippen LogP) is 3.95. The fourth-order valence-electron chi connectivity index (χ4n) is 6.90. The Bertz CT molecular complexity index is 1680. The van der Waals surface area contributed by atoms with Gasteiger partial charge in [-0.25, -0.2) is 13.8 Å². The zero-order chi connectivity index (χ0) is 31.7. The third kappa shape index (κ3) is 6.20. The number of piperazine rings is 1. The van der Waals surface area contributed by atoms with E-state index < -0.39 is 24.4 Å². The molecule has 4 heterocycles. The van der Waals surface area contributed by atoms with Crippen LogP contribution < -0.4 is 20.4 Å². The van der Waals surface area contributed by atoms with Gasteiger partial charge in [0.05, 0.1) is 37.3 Å². The molecule has 234 valence electrons. The first kappa shape index (κ1) is 30.5. The molecule has 0 aliphatic carbocycles. The molecule has 3 aromatic rings. The van der Waals surface area contributed by atoms with Crippen molar-refractivity contribution in [3.63, 3.8) is 0 Å². The summed E-state index contributed by atoms with van der Waals surface area (Å²) in [6.07, 6.45) is 1.81. The van der Waals surface area contributed by atoms with Crippen LogP contribution in [0.15, 0.2) is 55.1 Å². The first-order chi connectivity index (χ1) is 21.7. The summed E-state index contributed by atoms with van der Waals surface area (Å²) < 4.78 is 27.5. The maximum atomic E-state index is 13.7. The van der Waals surface area contributed by atoms with Crippen LogP contribution >= 0.6 is 0 Å². The minimum absolute atomic E-state index is 0.0660. The van der Waals surface area contributed by atoms with Gasteiger partial charge in [-0.15, -0.1) is 0 Å². The minimum atomic E-state index is -2.79. The maximum Gasteiger partial charge on any atom is 0.270 e. The van der Waals surface area contributed by atoms with Crippen LogP contribution in [-0.2, 0) is 17.8 Å². The summed E-state index contributed by atoms with van der Waals surface area (Å²) in [5.41, 5.74) is 5.17. The Morgan fingerprint density at radius 1 is 1.18 bits per heavy atom. The first-order valence-corrected chi connectivity index (χ1v) is 15.4. The van der Waals surface area contributed by atoms with Crippen molar-refractivity contribution in [2.45, 2.75) is 50.7 Å². The maximum absolute atomic E-state index is 13.7. The number of alkyl halides is 2. The highest BCUT2D eigenvalue weighted by molar-refractivity contribution is 5.97. The number of anilines is 2. The molecule has 2 N–H and O–H groups in total. The lowest BCUT2D eigenvalue weighted by Crippen LogP contribution is -2.55. The number of carbonyl (C=O) groups is 2. The zero-order valence-corrected chi connectivity index (χ0v) is 25.4. The second-order valence-corrected chi connectivity index (χ2v) is 12.1. The summed E-state index contributed by atoms with van der Waals surface area (Å²) in [5, 5.41) is 17.4. The van der Waals surface area contributed by atoms with E-state index in [9.17, 15) is 23.6 Å². The van der Waals surface area contributed by atoms with Crippen LogP contribution in [0, 0.1) is 18.3 Å². The molecule has 0 spiro atoms. The number of fused-ring (bicyclic) bond motifs is 2. The van der Waals surface area contributed by atoms with Crippen LogP contribution in [0.25, 0.3) is 10.8 Å². The first-order valence-electron chi connectivity index (χ1n) is 15.4. The quantitative estimate of drug-likeness (QED) is 0.389. The lowest BCUT2D eigenvalue weighted by Gasteiger charge is -2.43. The van der Waals surface area contributed by atoms with Gasteiger partial charge in [-0.2, -0.15) is 5.26 Å². The van der Waals surface area contributed by atoms with Crippen LogP contribution in [0.4, 0.5) is 20.2 Å². The molecule has 9 nitrogen and oxygen atoms in total. The van der Waals surface area contributed by atoms with E-state index in [1.54, 1.807) is 11.0 Å². The van der Waals surface area contributed by atoms with Crippen molar-refractivity contribution < 1.29 is 18.4 Å². The molecular weight excluding hydrogens is 576 g/mol. The third-order valence-corrected chi connectivity index (χ3v) is 9.13. The number of hydrogen-bond donors (Lipinski definition) is 2. The topological polar surface area (TPSA) is 105 Å². The Kier molecular flexibility index (Phi) is 8.42. The van der Waals surface area contributed by atoms with Gasteiger partial charge in [-0.3, -0.25) is 9.59 Å². The SMILES string of the molecule is C=CC(=O)N1CCN(c2cc(C(=O)NC[C@H]3CC(F)(F)CN3)nc3c2CCN(c2cccc4cccc(C)c24)C3)C[C@@H]1CC#N. The lowest BCUT2D eigenvalue weighted by molar-refractivity contribution is -0.128. The van der Waals surface area contributed by atoms with Crippen molar-refractivity contribution in [1.29, 1.82) is 5.26 Å². The Hall–Kier alpha value is -4.56. The predicted molar refractivity (Wildman–Crippen MR) is 170 cm³/mol. The molecule has 3 aliphatic heterocycles. The number of nitrogens with zero attached hydrogens (tertiary/aromatic N) is 5. The van der Waals surface area contributed by atoms with Gasteiger partial charge in [0.2, 0.25) is 5.91 Å². The smallest absolute Gasteiger partial charge is 0.270 e. The molecule has 2 saturated heterocycles. The monoisotopic (exact) mass is 613 g/mol. The highest BCUT2D eigenvalue weighted by Gasteiger charge is 2.39. The fraction of sp³-hybridized carbons (Fsp3) is 0.412. The fourth-order valence-corrected chi connectivity index (χ4v) is 6.90. The van der Waals surface area contributed by atoms with Crippen molar-refractivity contribution in [1.82, 2.24) is 20.5 Å². The molecule has 11 heteroatoms. The van der Waals surface area contributed by atoms with Gasteiger partial charge in [-0.05, 0) is 42.5 Å². The van der Waals surface area contributed by atoms with Crippen molar-refractivity contribution in [2.24, 2.45) is 0 Å².